The summed E-state index contributed by atoms with van der Waals surface area (Å²) in [4.78, 5) is 5.21. The Kier molecular flexibility index (Phi) is 4.97. The Bertz CT molecular complexity index is 2280. The van der Waals surface area contributed by atoms with Gasteiger partial charge in [0.05, 0.1) is 11.4 Å². The van der Waals surface area contributed by atoms with Crippen LogP contribution in [-0.4, -0.2) is 4.98 Å². The minimum absolute atomic E-state index is 0.982. The van der Waals surface area contributed by atoms with Crippen molar-refractivity contribution in [3.05, 3.63) is 152 Å². The van der Waals surface area contributed by atoms with Crippen molar-refractivity contribution in [3.63, 3.8) is 0 Å². The second kappa shape index (κ2) is 8.99. The van der Waals surface area contributed by atoms with Gasteiger partial charge in [-0.25, -0.2) is 4.98 Å². The summed E-state index contributed by atoms with van der Waals surface area (Å²) in [5.74, 6) is 0. The highest BCUT2D eigenvalue weighted by atomic mass is 14.7. The topological polar surface area (TPSA) is 12.9 Å². The molecule has 0 radical (unpaired) electrons. The van der Waals surface area contributed by atoms with Gasteiger partial charge in [0.25, 0.3) is 0 Å². The van der Waals surface area contributed by atoms with Gasteiger partial charge in [-0.15, -0.1) is 0 Å². The fourth-order valence-electron chi connectivity index (χ4n) is 6.89. The minimum atomic E-state index is 0.982. The first-order valence-corrected chi connectivity index (χ1v) is 14.5. The van der Waals surface area contributed by atoms with Gasteiger partial charge in [-0.3, -0.25) is 0 Å². The quantitative estimate of drug-likeness (QED) is 0.202. The van der Waals surface area contributed by atoms with Gasteiger partial charge >= 0.3 is 0 Å². The van der Waals surface area contributed by atoms with Crippen molar-refractivity contribution < 1.29 is 0 Å². The summed E-state index contributed by atoms with van der Waals surface area (Å²) in [6.45, 7) is 0. The third-order valence-corrected chi connectivity index (χ3v) is 8.83. The predicted octanol–water partition coefficient (Wildman–Crippen LogP) is 11.3. The number of benzene rings is 8. The van der Waals surface area contributed by atoms with Crippen LogP contribution in [-0.2, 0) is 0 Å². The standard InChI is InChI=1S/C41H25N/c1-3-14-32-28(10-1)30-12-5-7-16-34(30)38-24-26(20-22-36(32)38)40-18-9-19-41(42-40)27-21-23-37-33-15-4-2-11-29(33)31-13-6-8-17-35(31)39(37)25-27/h1-25H. The minimum Gasteiger partial charge on any atom is -0.248 e. The highest BCUT2D eigenvalue weighted by Gasteiger charge is 2.12. The van der Waals surface area contributed by atoms with Crippen LogP contribution >= 0.6 is 0 Å². The van der Waals surface area contributed by atoms with Crippen molar-refractivity contribution >= 4 is 64.6 Å². The fraction of sp³-hybridized carbons (Fsp3) is 0. The molecule has 9 rings (SSSR count). The Morgan fingerprint density at radius 1 is 0.238 bits per heavy atom. The molecule has 0 unspecified atom stereocenters. The second-order valence-corrected chi connectivity index (χ2v) is 11.1. The van der Waals surface area contributed by atoms with E-state index in [0.717, 1.165) is 22.5 Å². The molecule has 1 nitrogen and oxygen atoms in total. The van der Waals surface area contributed by atoms with E-state index in [1.807, 2.05) is 0 Å². The first-order chi connectivity index (χ1) is 20.8. The molecule has 1 heteroatoms. The molecule has 0 fully saturated rings. The number of pyridine rings is 1. The van der Waals surface area contributed by atoms with Gasteiger partial charge < -0.3 is 0 Å². The van der Waals surface area contributed by atoms with Gasteiger partial charge in [0.2, 0.25) is 0 Å². The molecular weight excluding hydrogens is 506 g/mol. The Morgan fingerprint density at radius 3 is 0.857 bits per heavy atom. The number of aromatic nitrogens is 1. The Hall–Kier alpha value is -5.53. The molecule has 0 saturated heterocycles. The first kappa shape index (κ1) is 23.2. The van der Waals surface area contributed by atoms with E-state index in [9.17, 15) is 0 Å². The number of hydrogen-bond acceptors (Lipinski definition) is 1. The molecule has 0 bridgehead atoms. The van der Waals surface area contributed by atoms with Gasteiger partial charge in [-0.1, -0.05) is 127 Å². The lowest BCUT2D eigenvalue weighted by Crippen LogP contribution is -1.90. The molecule has 1 aromatic heterocycles. The maximum atomic E-state index is 5.21. The van der Waals surface area contributed by atoms with Crippen molar-refractivity contribution in [3.8, 4) is 22.5 Å². The summed E-state index contributed by atoms with van der Waals surface area (Å²) < 4.78 is 0. The zero-order valence-electron chi connectivity index (χ0n) is 22.9. The largest absolute Gasteiger partial charge is 0.248 e. The van der Waals surface area contributed by atoms with E-state index < -0.39 is 0 Å². The number of rotatable bonds is 2. The maximum Gasteiger partial charge on any atom is 0.0709 e. The molecule has 0 saturated carbocycles. The molecule has 0 amide bonds. The monoisotopic (exact) mass is 531 g/mol. The third kappa shape index (κ3) is 3.41. The summed E-state index contributed by atoms with van der Waals surface area (Å²) in [5.41, 5.74) is 4.22. The van der Waals surface area contributed by atoms with Crippen LogP contribution in [0, 0.1) is 0 Å². The zero-order valence-corrected chi connectivity index (χ0v) is 22.9. The lowest BCUT2D eigenvalue weighted by atomic mass is 9.92. The van der Waals surface area contributed by atoms with E-state index in [4.69, 9.17) is 4.98 Å². The average Bonchev–Trinajstić information content (AvgIpc) is 3.08. The lowest BCUT2D eigenvalue weighted by Gasteiger charge is -2.13. The molecule has 0 aliphatic carbocycles. The van der Waals surface area contributed by atoms with Crippen LogP contribution < -0.4 is 0 Å². The van der Waals surface area contributed by atoms with Crippen LogP contribution in [0.25, 0.3) is 87.1 Å². The molecule has 1 heterocycles. The summed E-state index contributed by atoms with van der Waals surface area (Å²) in [6.07, 6.45) is 0. The molecule has 0 atom stereocenters. The van der Waals surface area contributed by atoms with Gasteiger partial charge in [-0.05, 0) is 88.9 Å². The Morgan fingerprint density at radius 2 is 0.524 bits per heavy atom. The van der Waals surface area contributed by atoms with Gasteiger partial charge in [0, 0.05) is 11.1 Å². The molecule has 0 spiro atoms. The summed E-state index contributed by atoms with van der Waals surface area (Å²) in [7, 11) is 0. The molecule has 42 heavy (non-hydrogen) atoms. The smallest absolute Gasteiger partial charge is 0.0709 e. The van der Waals surface area contributed by atoms with Crippen molar-refractivity contribution in [2.45, 2.75) is 0 Å². The first-order valence-electron chi connectivity index (χ1n) is 14.5. The highest BCUT2D eigenvalue weighted by Crippen LogP contribution is 2.39. The van der Waals surface area contributed by atoms with E-state index >= 15 is 0 Å². The van der Waals surface area contributed by atoms with Crippen molar-refractivity contribution in [2.75, 3.05) is 0 Å². The Labute approximate surface area is 243 Å². The summed E-state index contributed by atoms with van der Waals surface area (Å²) in [6, 6.07) is 54.9. The molecule has 8 aromatic carbocycles. The average molecular weight is 532 g/mol. The van der Waals surface area contributed by atoms with E-state index in [0.29, 0.717) is 0 Å². The van der Waals surface area contributed by atoms with E-state index in [2.05, 4.69) is 152 Å². The van der Waals surface area contributed by atoms with Crippen LogP contribution in [0.1, 0.15) is 0 Å². The zero-order chi connectivity index (χ0) is 27.6. The summed E-state index contributed by atoms with van der Waals surface area (Å²) in [5, 5.41) is 15.4. The molecule has 0 aliphatic heterocycles. The molecule has 194 valence electrons. The van der Waals surface area contributed by atoms with Gasteiger partial charge in [0.15, 0.2) is 0 Å². The third-order valence-electron chi connectivity index (χ3n) is 8.83. The summed E-state index contributed by atoms with van der Waals surface area (Å²) >= 11 is 0. The van der Waals surface area contributed by atoms with Gasteiger partial charge in [0.1, 0.15) is 0 Å². The second-order valence-electron chi connectivity index (χ2n) is 11.1. The van der Waals surface area contributed by atoms with E-state index in [1.165, 1.54) is 64.6 Å². The normalized spacial score (nSPS) is 11.8. The molecule has 0 aliphatic rings. The van der Waals surface area contributed by atoms with Crippen LogP contribution in [0.3, 0.4) is 0 Å². The fourth-order valence-corrected chi connectivity index (χ4v) is 6.89. The molecule has 9 aromatic rings. The number of hydrogen-bond donors (Lipinski definition) is 0. The van der Waals surface area contributed by atoms with E-state index in [1.54, 1.807) is 0 Å². The van der Waals surface area contributed by atoms with Crippen molar-refractivity contribution in [1.82, 2.24) is 4.98 Å². The highest BCUT2D eigenvalue weighted by molar-refractivity contribution is 6.26. The lowest BCUT2D eigenvalue weighted by molar-refractivity contribution is 1.33. The van der Waals surface area contributed by atoms with Crippen LogP contribution in [0.4, 0.5) is 0 Å². The molecular formula is C41H25N. The van der Waals surface area contributed by atoms with Crippen molar-refractivity contribution in [1.29, 1.82) is 0 Å². The van der Waals surface area contributed by atoms with Crippen LogP contribution in [0.15, 0.2) is 152 Å². The van der Waals surface area contributed by atoms with Crippen molar-refractivity contribution in [2.24, 2.45) is 0 Å². The van der Waals surface area contributed by atoms with Crippen LogP contribution in [0.5, 0.6) is 0 Å². The molecule has 0 N–H and O–H groups in total. The SMILES string of the molecule is c1cc(-c2ccc3c4ccccc4c4ccccc4c3c2)nc(-c2ccc3c4ccccc4c4ccccc4c3c2)c1. The number of nitrogens with zero attached hydrogens (tertiary/aromatic N) is 1. The van der Waals surface area contributed by atoms with E-state index in [-0.39, 0.29) is 0 Å². The maximum absolute atomic E-state index is 5.21. The van der Waals surface area contributed by atoms with Crippen LogP contribution in [0.2, 0.25) is 0 Å². The Balaban J connectivity index is 1.23. The van der Waals surface area contributed by atoms with Gasteiger partial charge in [-0.2, -0.15) is 0 Å². The number of fused-ring (bicyclic) bond motifs is 12. The predicted molar refractivity (Wildman–Crippen MR) is 180 cm³/mol.